The van der Waals surface area contributed by atoms with Crippen LogP contribution >= 0.6 is 15.6 Å². The Morgan fingerprint density at radius 2 is 0.447 bits per heavy atom. The number of hydrogen-bond donors (Lipinski definition) is 3. The van der Waals surface area contributed by atoms with Crippen molar-refractivity contribution >= 4 is 39.5 Å². The van der Waals surface area contributed by atoms with Crippen LogP contribution in [-0.4, -0.2) is 96.7 Å². The summed E-state index contributed by atoms with van der Waals surface area (Å²) in [6.45, 7) is 12.0. The van der Waals surface area contributed by atoms with Crippen LogP contribution in [0.3, 0.4) is 0 Å². The molecule has 0 saturated carbocycles. The van der Waals surface area contributed by atoms with E-state index in [-0.39, 0.29) is 25.7 Å². The van der Waals surface area contributed by atoms with Crippen molar-refractivity contribution in [1.82, 2.24) is 0 Å². The second-order valence-corrected chi connectivity index (χ2v) is 34.6. The second kappa shape index (κ2) is 74.2. The predicted octanol–water partition coefficient (Wildman–Crippen LogP) is 25.3. The van der Waals surface area contributed by atoms with E-state index >= 15 is 0 Å². The number of phosphoric ester groups is 2. The minimum Gasteiger partial charge on any atom is -0.462 e. The molecule has 0 amide bonds. The van der Waals surface area contributed by atoms with Crippen LogP contribution < -0.4 is 0 Å². The van der Waals surface area contributed by atoms with E-state index in [1.54, 1.807) is 0 Å². The van der Waals surface area contributed by atoms with Crippen molar-refractivity contribution < 1.29 is 80.2 Å². The molecule has 0 bridgehead atoms. The highest BCUT2D eigenvalue weighted by Gasteiger charge is 2.30. The zero-order valence-electron chi connectivity index (χ0n) is 67.8. The van der Waals surface area contributed by atoms with Crippen molar-refractivity contribution in [3.8, 4) is 0 Å². The lowest BCUT2D eigenvalue weighted by Crippen LogP contribution is -2.30. The van der Waals surface area contributed by atoms with Crippen molar-refractivity contribution in [3.63, 3.8) is 0 Å². The maximum Gasteiger partial charge on any atom is 0.472 e. The van der Waals surface area contributed by atoms with Gasteiger partial charge in [0, 0.05) is 25.7 Å². The van der Waals surface area contributed by atoms with Crippen molar-refractivity contribution in [3.05, 3.63) is 0 Å². The number of hydrogen-bond acceptors (Lipinski definition) is 15. The summed E-state index contributed by atoms with van der Waals surface area (Å²) in [5, 5.41) is 10.7. The Kier molecular flexibility index (Phi) is 72.8. The van der Waals surface area contributed by atoms with Crippen LogP contribution in [0.5, 0.6) is 0 Å². The molecule has 103 heavy (non-hydrogen) atoms. The molecule has 2 unspecified atom stereocenters. The maximum atomic E-state index is 13.1. The molecule has 612 valence electrons. The lowest BCUT2D eigenvalue weighted by atomic mass is 10.0. The Balaban J connectivity index is 5.22. The minimum atomic E-state index is -4.96. The first-order valence-electron chi connectivity index (χ1n) is 43.3. The first-order valence-corrected chi connectivity index (χ1v) is 46.3. The van der Waals surface area contributed by atoms with Gasteiger partial charge in [-0.25, -0.2) is 9.13 Å². The standard InChI is InChI=1S/C84H164O17P2/c1-8-9-10-11-12-34-44-51-58-65-81(86)94-71-79(100-83(88)67-60-53-46-39-32-26-20-14-17-23-29-36-42-49-56-63-76(4)5)73-98-102(90,91)96-69-78(85)70-97-103(92,93)99-74-80(101-84(89)68-61-54-47-40-33-27-21-15-18-24-30-37-43-50-57-64-77(6)7)72-95-82(87)66-59-52-45-38-31-25-19-13-16-22-28-35-41-48-55-62-75(2)3/h75-80,85H,8-74H2,1-7H3,(H,90,91)(H,92,93)/t78-,79+,80+/m0/s1. The van der Waals surface area contributed by atoms with Crippen molar-refractivity contribution in [1.29, 1.82) is 0 Å². The zero-order chi connectivity index (χ0) is 75.8. The Morgan fingerprint density at radius 1 is 0.262 bits per heavy atom. The van der Waals surface area contributed by atoms with Gasteiger partial charge in [-0.1, -0.05) is 389 Å². The number of ether oxygens (including phenoxy) is 4. The first-order chi connectivity index (χ1) is 49.7. The van der Waals surface area contributed by atoms with Crippen LogP contribution in [0.2, 0.25) is 0 Å². The lowest BCUT2D eigenvalue weighted by molar-refractivity contribution is -0.161. The summed E-state index contributed by atoms with van der Waals surface area (Å²) >= 11 is 0. The molecule has 0 fully saturated rings. The second-order valence-electron chi connectivity index (χ2n) is 31.6. The molecule has 17 nitrogen and oxygen atoms in total. The van der Waals surface area contributed by atoms with Gasteiger partial charge in [0.2, 0.25) is 0 Å². The molecular weight excluding hydrogens is 1340 g/mol. The fourth-order valence-corrected chi connectivity index (χ4v) is 14.6. The molecule has 0 aromatic carbocycles. The molecule has 0 aliphatic carbocycles. The Bertz CT molecular complexity index is 1990. The molecule has 5 atom stereocenters. The number of phosphoric acid groups is 2. The van der Waals surface area contributed by atoms with Gasteiger partial charge in [0.25, 0.3) is 0 Å². The van der Waals surface area contributed by atoms with Crippen LogP contribution in [0.25, 0.3) is 0 Å². The highest BCUT2D eigenvalue weighted by atomic mass is 31.2. The molecule has 3 N–H and O–H groups in total. The van der Waals surface area contributed by atoms with E-state index in [4.69, 9.17) is 37.0 Å². The quantitative estimate of drug-likeness (QED) is 0.0222. The Morgan fingerprint density at radius 3 is 0.660 bits per heavy atom. The molecule has 0 rings (SSSR count). The first kappa shape index (κ1) is 101. The number of aliphatic hydroxyl groups is 1. The maximum absolute atomic E-state index is 13.1. The van der Waals surface area contributed by atoms with Gasteiger partial charge >= 0.3 is 39.5 Å². The van der Waals surface area contributed by atoms with Crippen LogP contribution in [0.15, 0.2) is 0 Å². The molecule has 0 aliphatic heterocycles. The molecule has 0 aliphatic rings. The van der Waals surface area contributed by atoms with Gasteiger partial charge in [0.15, 0.2) is 12.2 Å². The van der Waals surface area contributed by atoms with E-state index in [1.165, 1.54) is 250 Å². The third-order valence-corrected chi connectivity index (χ3v) is 21.5. The van der Waals surface area contributed by atoms with E-state index < -0.39 is 97.5 Å². The fraction of sp³-hybridized carbons (Fsp3) is 0.952. The average molecular weight is 1510 g/mol. The molecule has 0 spiro atoms. The predicted molar refractivity (Wildman–Crippen MR) is 423 cm³/mol. The highest BCUT2D eigenvalue weighted by Crippen LogP contribution is 2.45. The van der Waals surface area contributed by atoms with Gasteiger partial charge in [0.1, 0.15) is 19.3 Å². The van der Waals surface area contributed by atoms with Gasteiger partial charge in [-0.3, -0.25) is 37.3 Å². The van der Waals surface area contributed by atoms with E-state index in [2.05, 4.69) is 48.5 Å². The number of carbonyl (C=O) groups excluding carboxylic acids is 4. The summed E-state index contributed by atoms with van der Waals surface area (Å²) in [5.74, 6) is 0.305. The normalized spacial score (nSPS) is 13.9. The lowest BCUT2D eigenvalue weighted by Gasteiger charge is -2.21. The van der Waals surface area contributed by atoms with Crippen molar-refractivity contribution in [2.24, 2.45) is 17.8 Å². The molecular formula is C84H164O17P2. The van der Waals surface area contributed by atoms with Gasteiger partial charge in [-0.15, -0.1) is 0 Å². The van der Waals surface area contributed by atoms with Crippen LogP contribution in [0, 0.1) is 17.8 Å². The van der Waals surface area contributed by atoms with Crippen molar-refractivity contribution in [2.75, 3.05) is 39.6 Å². The van der Waals surface area contributed by atoms with Gasteiger partial charge in [-0.2, -0.15) is 0 Å². The summed E-state index contributed by atoms with van der Waals surface area (Å²) in [6.07, 6.45) is 63.8. The van der Waals surface area contributed by atoms with Crippen molar-refractivity contribution in [2.45, 2.75) is 458 Å². The third-order valence-electron chi connectivity index (χ3n) is 19.6. The molecule has 0 saturated heterocycles. The van der Waals surface area contributed by atoms with E-state index in [0.29, 0.717) is 25.7 Å². The topological polar surface area (TPSA) is 237 Å². The van der Waals surface area contributed by atoms with Gasteiger partial charge in [-0.05, 0) is 43.4 Å². The van der Waals surface area contributed by atoms with E-state index in [0.717, 1.165) is 108 Å². The summed E-state index contributed by atoms with van der Waals surface area (Å²) in [5.41, 5.74) is 0. The summed E-state index contributed by atoms with van der Waals surface area (Å²) in [6, 6.07) is 0. The average Bonchev–Trinajstić information content (AvgIpc) is 0.910. The zero-order valence-corrected chi connectivity index (χ0v) is 69.6. The van der Waals surface area contributed by atoms with E-state index in [9.17, 15) is 43.2 Å². The van der Waals surface area contributed by atoms with Gasteiger partial charge in [0.05, 0.1) is 26.4 Å². The largest absolute Gasteiger partial charge is 0.472 e. The summed E-state index contributed by atoms with van der Waals surface area (Å²) in [4.78, 5) is 73.1. The van der Waals surface area contributed by atoms with Crippen LogP contribution in [0.1, 0.15) is 440 Å². The Labute approximate surface area is 632 Å². The third kappa shape index (κ3) is 78.0. The summed E-state index contributed by atoms with van der Waals surface area (Å²) in [7, 11) is -9.92. The summed E-state index contributed by atoms with van der Waals surface area (Å²) < 4.78 is 68.8. The smallest absolute Gasteiger partial charge is 0.462 e. The molecule has 0 aromatic rings. The monoisotopic (exact) mass is 1510 g/mol. The molecule has 0 aromatic heterocycles. The number of rotatable bonds is 82. The SMILES string of the molecule is CCCCCCCCCCCC(=O)OC[C@H](COP(=O)(O)OC[C@H](O)COP(=O)(O)OC[C@@H](COC(=O)CCCCCCCCCCCCCCCCCC(C)C)OC(=O)CCCCCCCCCCCCCCCCCC(C)C)OC(=O)CCCCCCCCCCCCCCCCCC(C)C. The fourth-order valence-electron chi connectivity index (χ4n) is 13.0. The molecule has 0 heterocycles. The minimum absolute atomic E-state index is 0.108. The number of unbranched alkanes of at least 4 members (excludes halogenated alkanes) is 50. The number of esters is 4. The number of carbonyl (C=O) groups is 4. The number of aliphatic hydroxyl groups excluding tert-OH is 1. The van der Waals surface area contributed by atoms with Gasteiger partial charge < -0.3 is 33.8 Å². The van der Waals surface area contributed by atoms with Crippen LogP contribution in [-0.2, 0) is 65.4 Å². The van der Waals surface area contributed by atoms with E-state index in [1.807, 2.05) is 0 Å². The van der Waals surface area contributed by atoms with Crippen LogP contribution in [0.4, 0.5) is 0 Å². The molecule has 19 heteroatoms. The molecule has 0 radical (unpaired) electrons. The Hall–Kier alpha value is -1.94. The highest BCUT2D eigenvalue weighted by molar-refractivity contribution is 7.47.